The average Bonchev–Trinajstić information content (AvgIpc) is 2.83. The number of carbonyl (C=O) groups is 1. The highest BCUT2D eigenvalue weighted by Gasteiger charge is 2.40. The molecule has 0 saturated carbocycles. The highest BCUT2D eigenvalue weighted by atomic mass is 16.3. The van der Waals surface area contributed by atoms with Crippen molar-refractivity contribution < 1.29 is 14.3 Å². The van der Waals surface area contributed by atoms with Gasteiger partial charge in [0.1, 0.15) is 11.3 Å². The Morgan fingerprint density at radius 1 is 1.04 bits per heavy atom. The molecule has 1 N–H and O–H groups in total. The lowest BCUT2D eigenvalue weighted by Gasteiger charge is -2.20. The lowest BCUT2D eigenvalue weighted by molar-refractivity contribution is 0.0771. The zero-order valence-electron chi connectivity index (χ0n) is 14.2. The van der Waals surface area contributed by atoms with Gasteiger partial charge in [-0.15, -0.1) is 0 Å². The predicted octanol–water partition coefficient (Wildman–Crippen LogP) is 3.29. The Kier molecular flexibility index (Phi) is 3.22. The van der Waals surface area contributed by atoms with Crippen LogP contribution in [0.15, 0.2) is 45.6 Å². The number of hydrogen-bond acceptors (Lipinski definition) is 4. The summed E-state index contributed by atoms with van der Waals surface area (Å²) in [5, 5.41) is 9.98. The van der Waals surface area contributed by atoms with Crippen molar-refractivity contribution in [1.29, 1.82) is 0 Å². The van der Waals surface area contributed by atoms with Gasteiger partial charge in [-0.25, -0.2) is 0 Å². The molecule has 3 aromatic rings. The van der Waals surface area contributed by atoms with Crippen LogP contribution in [-0.2, 0) is 0 Å². The quantitative estimate of drug-likeness (QED) is 0.741. The monoisotopic (exact) mass is 335 g/mol. The van der Waals surface area contributed by atoms with E-state index < -0.39 is 6.04 Å². The van der Waals surface area contributed by atoms with Gasteiger partial charge in [-0.1, -0.05) is 12.1 Å². The molecular formula is C20H17NO4. The van der Waals surface area contributed by atoms with Crippen molar-refractivity contribution in [2.75, 3.05) is 7.05 Å². The van der Waals surface area contributed by atoms with Crippen LogP contribution in [0.2, 0.25) is 0 Å². The van der Waals surface area contributed by atoms with E-state index in [1.54, 1.807) is 37.4 Å². The number of fused-ring (bicyclic) bond motifs is 2. The summed E-state index contributed by atoms with van der Waals surface area (Å²) in [6.07, 6.45) is 0. The standard InChI is InChI=1S/C20H17NO4/c1-10-8-14-15(9-11(10)2)25-19-16(18(14)23)17(21(3)20(19)24)12-4-6-13(22)7-5-12/h4-9,17,22H,1-3H3. The van der Waals surface area contributed by atoms with Gasteiger partial charge >= 0.3 is 0 Å². The van der Waals surface area contributed by atoms with Gasteiger partial charge in [-0.05, 0) is 54.8 Å². The smallest absolute Gasteiger partial charge is 0.290 e. The summed E-state index contributed by atoms with van der Waals surface area (Å²) < 4.78 is 5.84. The molecule has 0 spiro atoms. The zero-order chi connectivity index (χ0) is 17.9. The van der Waals surface area contributed by atoms with Crippen LogP contribution in [0.1, 0.15) is 38.9 Å². The molecule has 1 atom stereocenters. The molecule has 1 aromatic heterocycles. The minimum atomic E-state index is -0.523. The van der Waals surface area contributed by atoms with Crippen LogP contribution < -0.4 is 5.43 Å². The molecule has 25 heavy (non-hydrogen) atoms. The van der Waals surface area contributed by atoms with Gasteiger partial charge in [0.05, 0.1) is 17.0 Å². The summed E-state index contributed by atoms with van der Waals surface area (Å²) in [7, 11) is 1.65. The molecule has 1 unspecified atom stereocenters. The molecule has 5 nitrogen and oxygen atoms in total. The Morgan fingerprint density at radius 2 is 1.68 bits per heavy atom. The molecule has 1 aliphatic rings. The third-order valence-electron chi connectivity index (χ3n) is 4.93. The Balaban J connectivity index is 2.03. The van der Waals surface area contributed by atoms with Crippen LogP contribution >= 0.6 is 0 Å². The fourth-order valence-corrected chi connectivity index (χ4v) is 3.39. The molecule has 1 amide bonds. The molecule has 0 radical (unpaired) electrons. The van der Waals surface area contributed by atoms with Crippen molar-refractivity contribution in [1.82, 2.24) is 4.90 Å². The molecule has 2 heterocycles. The molecule has 126 valence electrons. The minimum absolute atomic E-state index is 0.0985. The van der Waals surface area contributed by atoms with Crippen LogP contribution in [0.3, 0.4) is 0 Å². The molecule has 1 aliphatic heterocycles. The highest BCUT2D eigenvalue weighted by molar-refractivity contribution is 5.99. The number of hydrogen-bond donors (Lipinski definition) is 1. The maximum absolute atomic E-state index is 13.1. The maximum atomic E-state index is 13.1. The normalized spacial score (nSPS) is 16.5. The fourth-order valence-electron chi connectivity index (χ4n) is 3.39. The molecular weight excluding hydrogens is 318 g/mol. The van der Waals surface area contributed by atoms with E-state index >= 15 is 0 Å². The van der Waals surface area contributed by atoms with Gasteiger partial charge in [-0.2, -0.15) is 0 Å². The van der Waals surface area contributed by atoms with E-state index in [4.69, 9.17) is 4.42 Å². The van der Waals surface area contributed by atoms with E-state index in [1.807, 2.05) is 19.9 Å². The molecule has 4 rings (SSSR count). The molecule has 0 aliphatic carbocycles. The first-order valence-corrected chi connectivity index (χ1v) is 8.02. The average molecular weight is 335 g/mol. The number of nitrogens with zero attached hydrogens (tertiary/aromatic N) is 1. The SMILES string of the molecule is Cc1cc2oc3c(c(=O)c2cc1C)C(c1ccc(O)cc1)N(C)C3=O. The van der Waals surface area contributed by atoms with E-state index in [1.165, 1.54) is 4.90 Å². The summed E-state index contributed by atoms with van der Waals surface area (Å²) in [5.41, 5.74) is 3.36. The van der Waals surface area contributed by atoms with Crippen molar-refractivity contribution in [2.45, 2.75) is 19.9 Å². The van der Waals surface area contributed by atoms with Gasteiger partial charge in [0.25, 0.3) is 5.91 Å². The molecule has 0 bridgehead atoms. The summed E-state index contributed by atoms with van der Waals surface area (Å²) in [6.45, 7) is 3.88. The van der Waals surface area contributed by atoms with Crippen LogP contribution in [0.25, 0.3) is 11.0 Å². The first-order chi connectivity index (χ1) is 11.9. The summed E-state index contributed by atoms with van der Waals surface area (Å²) in [5.74, 6) is -0.0840. The largest absolute Gasteiger partial charge is 0.508 e. The second-order valence-electron chi connectivity index (χ2n) is 6.52. The Labute approximate surface area is 144 Å². The van der Waals surface area contributed by atoms with E-state index in [0.717, 1.165) is 16.7 Å². The number of aryl methyl sites for hydroxylation is 2. The van der Waals surface area contributed by atoms with Gasteiger partial charge in [0.2, 0.25) is 5.76 Å². The first-order valence-electron chi connectivity index (χ1n) is 8.02. The second-order valence-corrected chi connectivity index (χ2v) is 6.52. The van der Waals surface area contributed by atoms with Gasteiger partial charge in [0.15, 0.2) is 5.43 Å². The van der Waals surface area contributed by atoms with Gasteiger partial charge in [-0.3, -0.25) is 9.59 Å². The van der Waals surface area contributed by atoms with E-state index in [9.17, 15) is 14.7 Å². The van der Waals surface area contributed by atoms with Crippen molar-refractivity contribution >= 4 is 16.9 Å². The number of benzene rings is 2. The number of carbonyl (C=O) groups excluding carboxylic acids is 1. The molecule has 2 aromatic carbocycles. The van der Waals surface area contributed by atoms with Crippen molar-refractivity contribution in [3.8, 4) is 5.75 Å². The minimum Gasteiger partial charge on any atom is -0.508 e. The van der Waals surface area contributed by atoms with E-state index in [-0.39, 0.29) is 22.8 Å². The van der Waals surface area contributed by atoms with Crippen molar-refractivity contribution in [3.05, 3.63) is 74.6 Å². The number of aromatic hydroxyl groups is 1. The summed E-state index contributed by atoms with van der Waals surface area (Å²) in [4.78, 5) is 27.3. The number of amides is 1. The van der Waals surface area contributed by atoms with Crippen LogP contribution in [0.4, 0.5) is 0 Å². The predicted molar refractivity (Wildman–Crippen MR) is 94.0 cm³/mol. The topological polar surface area (TPSA) is 70.8 Å². The van der Waals surface area contributed by atoms with Crippen molar-refractivity contribution in [2.24, 2.45) is 0 Å². The Bertz CT molecular complexity index is 1080. The van der Waals surface area contributed by atoms with E-state index in [0.29, 0.717) is 16.5 Å². The van der Waals surface area contributed by atoms with Crippen LogP contribution in [0.5, 0.6) is 5.75 Å². The third kappa shape index (κ3) is 2.16. The number of rotatable bonds is 1. The number of phenolic OH excluding ortho intramolecular Hbond substituents is 1. The molecule has 5 heteroatoms. The van der Waals surface area contributed by atoms with Gasteiger partial charge < -0.3 is 14.4 Å². The third-order valence-corrected chi connectivity index (χ3v) is 4.93. The lowest BCUT2D eigenvalue weighted by Crippen LogP contribution is -2.25. The van der Waals surface area contributed by atoms with E-state index in [2.05, 4.69) is 0 Å². The first kappa shape index (κ1) is 15.4. The fraction of sp³-hybridized carbons (Fsp3) is 0.200. The lowest BCUT2D eigenvalue weighted by atomic mass is 9.97. The number of phenols is 1. The Hall–Kier alpha value is -3.08. The second kappa shape index (κ2) is 5.21. The highest BCUT2D eigenvalue weighted by Crippen LogP contribution is 2.37. The maximum Gasteiger partial charge on any atom is 0.290 e. The van der Waals surface area contributed by atoms with Crippen LogP contribution in [-0.4, -0.2) is 23.0 Å². The summed E-state index contributed by atoms with van der Waals surface area (Å²) in [6, 6.07) is 9.60. The van der Waals surface area contributed by atoms with Crippen LogP contribution in [0, 0.1) is 13.8 Å². The molecule has 0 saturated heterocycles. The summed E-state index contributed by atoms with van der Waals surface area (Å²) >= 11 is 0. The van der Waals surface area contributed by atoms with Crippen molar-refractivity contribution in [3.63, 3.8) is 0 Å². The molecule has 0 fully saturated rings. The van der Waals surface area contributed by atoms with Gasteiger partial charge in [0, 0.05) is 7.05 Å². The Morgan fingerprint density at radius 3 is 2.36 bits per heavy atom. The zero-order valence-corrected chi connectivity index (χ0v) is 14.2.